The van der Waals surface area contributed by atoms with Gasteiger partial charge in [-0.2, -0.15) is 0 Å². The van der Waals surface area contributed by atoms with Crippen molar-refractivity contribution in [3.8, 4) is 11.5 Å². The van der Waals surface area contributed by atoms with Gasteiger partial charge >= 0.3 is 0 Å². The number of hydrogen-bond donors (Lipinski definition) is 2. The number of hydrogen-bond acceptors (Lipinski definition) is 4. The predicted molar refractivity (Wildman–Crippen MR) is 73.8 cm³/mol. The molecule has 1 aliphatic heterocycles. The SMILES string of the molecule is CCCNC(=O)CCNc1ccc2c(c1)OCCO2. The molecule has 5 nitrogen and oxygen atoms in total. The number of anilines is 1. The highest BCUT2D eigenvalue weighted by atomic mass is 16.6. The molecule has 0 radical (unpaired) electrons. The maximum Gasteiger partial charge on any atom is 0.221 e. The number of amides is 1. The summed E-state index contributed by atoms with van der Waals surface area (Å²) < 4.78 is 10.9. The van der Waals surface area contributed by atoms with E-state index in [1.165, 1.54) is 0 Å². The second-order valence-corrected chi connectivity index (χ2v) is 4.39. The zero-order valence-electron chi connectivity index (χ0n) is 11.2. The molecule has 0 unspecified atom stereocenters. The molecule has 0 aliphatic carbocycles. The van der Waals surface area contributed by atoms with Gasteiger partial charge in [0.25, 0.3) is 0 Å². The summed E-state index contributed by atoms with van der Waals surface area (Å²) in [5.74, 6) is 1.61. The standard InChI is InChI=1S/C14H20N2O3/c1-2-6-16-14(17)5-7-15-11-3-4-12-13(10-11)19-9-8-18-12/h3-4,10,15H,2,5-9H2,1H3,(H,16,17). The highest BCUT2D eigenvalue weighted by Crippen LogP contribution is 2.32. The van der Waals surface area contributed by atoms with E-state index in [0.29, 0.717) is 26.2 Å². The molecule has 0 spiro atoms. The maximum absolute atomic E-state index is 11.4. The molecule has 0 saturated heterocycles. The summed E-state index contributed by atoms with van der Waals surface area (Å²) in [7, 11) is 0. The van der Waals surface area contributed by atoms with Gasteiger partial charge < -0.3 is 20.1 Å². The minimum atomic E-state index is 0.0758. The van der Waals surface area contributed by atoms with Crippen LogP contribution in [0.2, 0.25) is 0 Å². The van der Waals surface area contributed by atoms with Crippen LogP contribution in [0.15, 0.2) is 18.2 Å². The summed E-state index contributed by atoms with van der Waals surface area (Å²) in [6.07, 6.45) is 1.43. The first-order valence-corrected chi connectivity index (χ1v) is 6.70. The van der Waals surface area contributed by atoms with Crippen molar-refractivity contribution in [2.75, 3.05) is 31.6 Å². The predicted octanol–water partition coefficient (Wildman–Crippen LogP) is 1.79. The van der Waals surface area contributed by atoms with Crippen LogP contribution in [0, 0.1) is 0 Å². The van der Waals surface area contributed by atoms with Gasteiger partial charge in [0.15, 0.2) is 11.5 Å². The van der Waals surface area contributed by atoms with Gasteiger partial charge in [0, 0.05) is 31.3 Å². The molecule has 0 aromatic heterocycles. The van der Waals surface area contributed by atoms with Crippen molar-refractivity contribution in [3.05, 3.63) is 18.2 Å². The van der Waals surface area contributed by atoms with Crippen LogP contribution in [0.3, 0.4) is 0 Å². The lowest BCUT2D eigenvalue weighted by Gasteiger charge is -2.19. The molecule has 2 rings (SSSR count). The van der Waals surface area contributed by atoms with Crippen molar-refractivity contribution in [2.45, 2.75) is 19.8 Å². The van der Waals surface area contributed by atoms with Crippen LogP contribution in [0.25, 0.3) is 0 Å². The lowest BCUT2D eigenvalue weighted by Crippen LogP contribution is -2.25. The fourth-order valence-electron chi connectivity index (χ4n) is 1.83. The lowest BCUT2D eigenvalue weighted by atomic mass is 10.2. The number of carbonyl (C=O) groups is 1. The first-order valence-electron chi connectivity index (χ1n) is 6.70. The van der Waals surface area contributed by atoms with Gasteiger partial charge in [-0.3, -0.25) is 4.79 Å². The average molecular weight is 264 g/mol. The van der Waals surface area contributed by atoms with Gasteiger partial charge in [0.2, 0.25) is 5.91 Å². The van der Waals surface area contributed by atoms with Gasteiger partial charge in [-0.15, -0.1) is 0 Å². The first kappa shape index (κ1) is 13.5. The van der Waals surface area contributed by atoms with E-state index >= 15 is 0 Å². The minimum Gasteiger partial charge on any atom is -0.486 e. The molecule has 1 amide bonds. The molecule has 1 aromatic carbocycles. The Morgan fingerprint density at radius 2 is 2.00 bits per heavy atom. The van der Waals surface area contributed by atoms with E-state index < -0.39 is 0 Å². The molecule has 104 valence electrons. The Bertz CT molecular complexity index is 435. The van der Waals surface area contributed by atoms with E-state index in [1.54, 1.807) is 0 Å². The van der Waals surface area contributed by atoms with Gasteiger partial charge in [-0.1, -0.05) is 6.92 Å². The molecule has 2 N–H and O–H groups in total. The Balaban J connectivity index is 1.78. The smallest absolute Gasteiger partial charge is 0.221 e. The molecular weight excluding hydrogens is 244 g/mol. The maximum atomic E-state index is 11.4. The molecule has 5 heteroatoms. The largest absolute Gasteiger partial charge is 0.486 e. The van der Waals surface area contributed by atoms with Crippen LogP contribution in [-0.2, 0) is 4.79 Å². The second-order valence-electron chi connectivity index (χ2n) is 4.39. The van der Waals surface area contributed by atoms with Crippen molar-refractivity contribution >= 4 is 11.6 Å². The van der Waals surface area contributed by atoms with E-state index in [1.807, 2.05) is 25.1 Å². The molecule has 0 saturated carbocycles. The molecule has 0 fully saturated rings. The quantitative estimate of drug-likeness (QED) is 0.822. The fraction of sp³-hybridized carbons (Fsp3) is 0.500. The molecule has 1 aromatic rings. The Labute approximate surface area is 113 Å². The molecular formula is C14H20N2O3. The average Bonchev–Trinajstić information content (AvgIpc) is 2.45. The third-order valence-corrected chi connectivity index (χ3v) is 2.80. The van der Waals surface area contributed by atoms with E-state index in [0.717, 1.165) is 30.2 Å². The summed E-state index contributed by atoms with van der Waals surface area (Å²) in [5, 5.41) is 6.05. The van der Waals surface area contributed by atoms with Crippen molar-refractivity contribution in [2.24, 2.45) is 0 Å². The van der Waals surface area contributed by atoms with Gasteiger partial charge in [-0.25, -0.2) is 0 Å². The summed E-state index contributed by atoms with van der Waals surface area (Å²) >= 11 is 0. The Morgan fingerprint density at radius 1 is 1.21 bits per heavy atom. The Kier molecular flexibility index (Phi) is 4.89. The van der Waals surface area contributed by atoms with Crippen molar-refractivity contribution in [1.82, 2.24) is 5.32 Å². The molecule has 1 heterocycles. The summed E-state index contributed by atoms with van der Waals surface area (Å²) in [6.45, 7) is 4.55. The first-order chi connectivity index (χ1) is 9.29. The van der Waals surface area contributed by atoms with Crippen LogP contribution in [0.1, 0.15) is 19.8 Å². The summed E-state index contributed by atoms with van der Waals surface area (Å²) in [5.41, 5.74) is 0.938. The summed E-state index contributed by atoms with van der Waals surface area (Å²) in [6, 6.07) is 5.71. The summed E-state index contributed by atoms with van der Waals surface area (Å²) in [4.78, 5) is 11.4. The van der Waals surface area contributed by atoms with E-state index in [4.69, 9.17) is 9.47 Å². The monoisotopic (exact) mass is 264 g/mol. The molecule has 1 aliphatic rings. The number of rotatable bonds is 6. The Morgan fingerprint density at radius 3 is 2.79 bits per heavy atom. The zero-order chi connectivity index (χ0) is 13.5. The molecule has 0 atom stereocenters. The van der Waals surface area contributed by atoms with Crippen LogP contribution in [-0.4, -0.2) is 32.2 Å². The zero-order valence-corrected chi connectivity index (χ0v) is 11.2. The highest BCUT2D eigenvalue weighted by Gasteiger charge is 2.11. The van der Waals surface area contributed by atoms with Crippen molar-refractivity contribution in [3.63, 3.8) is 0 Å². The lowest BCUT2D eigenvalue weighted by molar-refractivity contribution is -0.120. The van der Waals surface area contributed by atoms with Crippen LogP contribution < -0.4 is 20.1 Å². The number of nitrogens with one attached hydrogen (secondary N) is 2. The highest BCUT2D eigenvalue weighted by molar-refractivity contribution is 5.76. The third kappa shape index (κ3) is 4.05. The fourth-order valence-corrected chi connectivity index (χ4v) is 1.83. The number of benzene rings is 1. The molecule has 19 heavy (non-hydrogen) atoms. The van der Waals surface area contributed by atoms with Gasteiger partial charge in [0.1, 0.15) is 13.2 Å². The number of carbonyl (C=O) groups excluding carboxylic acids is 1. The topological polar surface area (TPSA) is 59.6 Å². The van der Waals surface area contributed by atoms with E-state index in [9.17, 15) is 4.79 Å². The third-order valence-electron chi connectivity index (χ3n) is 2.80. The van der Waals surface area contributed by atoms with Crippen LogP contribution in [0.4, 0.5) is 5.69 Å². The van der Waals surface area contributed by atoms with E-state index in [2.05, 4.69) is 10.6 Å². The Hall–Kier alpha value is -1.91. The normalized spacial score (nSPS) is 12.9. The van der Waals surface area contributed by atoms with Gasteiger partial charge in [0.05, 0.1) is 0 Å². The number of ether oxygens (including phenoxy) is 2. The van der Waals surface area contributed by atoms with Gasteiger partial charge in [-0.05, 0) is 18.6 Å². The van der Waals surface area contributed by atoms with Crippen molar-refractivity contribution < 1.29 is 14.3 Å². The van der Waals surface area contributed by atoms with Crippen LogP contribution >= 0.6 is 0 Å². The molecule has 0 bridgehead atoms. The van der Waals surface area contributed by atoms with E-state index in [-0.39, 0.29) is 5.91 Å². The second kappa shape index (κ2) is 6.87. The van der Waals surface area contributed by atoms with Crippen LogP contribution in [0.5, 0.6) is 11.5 Å². The number of fused-ring (bicyclic) bond motifs is 1. The van der Waals surface area contributed by atoms with Crippen molar-refractivity contribution in [1.29, 1.82) is 0 Å². The minimum absolute atomic E-state index is 0.0758.